The summed E-state index contributed by atoms with van der Waals surface area (Å²) in [4.78, 5) is 2.34. The third kappa shape index (κ3) is 5.44. The zero-order chi connectivity index (χ0) is 38.9. The van der Waals surface area contributed by atoms with Crippen LogP contribution in [0.25, 0.3) is 93.2 Å². The number of para-hydroxylation sites is 2. The summed E-state index contributed by atoms with van der Waals surface area (Å²) in [6, 6.07) is 78.7. The Kier molecular flexibility index (Phi) is 7.54. The standard InChI is InChI=1S/C56H36N2O/c1-3-19-46-38(12-1)14-11-23-47(46)41-16-10-17-43(35-41)57(45-31-33-51-52-32-28-39-13-2-4-20-48(39)56(52)59-55(51)36-45)42-29-26-37(27-30-42)40-15-9-18-44(34-40)58-53-24-7-5-21-49(53)50-22-6-8-25-54(50)58/h1-36H. The Morgan fingerprint density at radius 1 is 0.339 bits per heavy atom. The third-order valence-corrected chi connectivity index (χ3v) is 12.0. The van der Waals surface area contributed by atoms with Gasteiger partial charge in [0.15, 0.2) is 0 Å². The Labute approximate surface area is 341 Å². The van der Waals surface area contributed by atoms with E-state index in [1.165, 1.54) is 49.1 Å². The summed E-state index contributed by atoms with van der Waals surface area (Å²) >= 11 is 0. The minimum Gasteiger partial charge on any atom is -0.455 e. The normalized spacial score (nSPS) is 11.7. The maximum Gasteiger partial charge on any atom is 0.143 e. The summed E-state index contributed by atoms with van der Waals surface area (Å²) in [6.45, 7) is 0. The average molecular weight is 753 g/mol. The van der Waals surface area contributed by atoms with Crippen LogP contribution >= 0.6 is 0 Å². The van der Waals surface area contributed by atoms with Gasteiger partial charge < -0.3 is 13.9 Å². The first-order valence-electron chi connectivity index (χ1n) is 20.2. The predicted octanol–water partition coefficient (Wildman–Crippen LogP) is 15.8. The van der Waals surface area contributed by atoms with Gasteiger partial charge in [-0.1, -0.05) is 146 Å². The summed E-state index contributed by atoms with van der Waals surface area (Å²) in [6.07, 6.45) is 0. The van der Waals surface area contributed by atoms with Crippen LogP contribution in [0.2, 0.25) is 0 Å². The molecule has 0 saturated heterocycles. The molecule has 59 heavy (non-hydrogen) atoms. The number of nitrogens with zero attached hydrogens (tertiary/aromatic N) is 2. The Morgan fingerprint density at radius 2 is 0.932 bits per heavy atom. The molecule has 10 aromatic carbocycles. The molecule has 0 N–H and O–H groups in total. The van der Waals surface area contributed by atoms with Crippen molar-refractivity contribution >= 4 is 82.4 Å². The summed E-state index contributed by atoms with van der Waals surface area (Å²) in [5, 5.41) is 9.52. The predicted molar refractivity (Wildman–Crippen MR) is 249 cm³/mol. The highest BCUT2D eigenvalue weighted by molar-refractivity contribution is 6.15. The van der Waals surface area contributed by atoms with Crippen molar-refractivity contribution in [2.75, 3.05) is 4.90 Å². The van der Waals surface area contributed by atoms with Crippen LogP contribution in [0.5, 0.6) is 0 Å². The number of rotatable bonds is 6. The smallest absolute Gasteiger partial charge is 0.143 e. The van der Waals surface area contributed by atoms with Gasteiger partial charge in [-0.3, -0.25) is 0 Å². The molecule has 0 aliphatic rings. The molecular weight excluding hydrogens is 717 g/mol. The fourth-order valence-corrected chi connectivity index (χ4v) is 9.20. The first-order valence-corrected chi connectivity index (χ1v) is 20.2. The number of benzene rings is 10. The second-order valence-corrected chi connectivity index (χ2v) is 15.3. The van der Waals surface area contributed by atoms with Crippen LogP contribution in [0.15, 0.2) is 223 Å². The van der Waals surface area contributed by atoms with Gasteiger partial charge >= 0.3 is 0 Å². The lowest BCUT2D eigenvalue weighted by molar-refractivity contribution is 0.672. The van der Waals surface area contributed by atoms with Gasteiger partial charge in [0, 0.05) is 55.7 Å². The quantitative estimate of drug-likeness (QED) is 0.169. The molecule has 0 atom stereocenters. The van der Waals surface area contributed by atoms with Crippen LogP contribution in [0, 0.1) is 0 Å². The molecule has 0 aliphatic carbocycles. The van der Waals surface area contributed by atoms with Gasteiger partial charge in [0.25, 0.3) is 0 Å². The number of furan rings is 1. The van der Waals surface area contributed by atoms with Gasteiger partial charge in [-0.15, -0.1) is 0 Å². The monoisotopic (exact) mass is 752 g/mol. The molecule has 0 spiro atoms. The minimum absolute atomic E-state index is 0.863. The lowest BCUT2D eigenvalue weighted by Crippen LogP contribution is -2.10. The third-order valence-electron chi connectivity index (χ3n) is 12.0. The van der Waals surface area contributed by atoms with Crippen LogP contribution in [-0.4, -0.2) is 4.57 Å². The maximum atomic E-state index is 6.71. The van der Waals surface area contributed by atoms with Gasteiger partial charge in [0.1, 0.15) is 11.2 Å². The van der Waals surface area contributed by atoms with E-state index < -0.39 is 0 Å². The lowest BCUT2D eigenvalue weighted by Gasteiger charge is -2.26. The van der Waals surface area contributed by atoms with Crippen molar-refractivity contribution in [3.05, 3.63) is 218 Å². The van der Waals surface area contributed by atoms with E-state index in [-0.39, 0.29) is 0 Å². The fraction of sp³-hybridized carbons (Fsp3) is 0. The number of hydrogen-bond acceptors (Lipinski definition) is 2. The minimum atomic E-state index is 0.863. The highest BCUT2D eigenvalue weighted by Gasteiger charge is 2.18. The van der Waals surface area contributed by atoms with Crippen molar-refractivity contribution in [2.24, 2.45) is 0 Å². The second-order valence-electron chi connectivity index (χ2n) is 15.3. The molecule has 0 aliphatic heterocycles. The number of hydrogen-bond donors (Lipinski definition) is 0. The van der Waals surface area contributed by atoms with Gasteiger partial charge in [0.05, 0.1) is 11.0 Å². The van der Waals surface area contributed by atoms with Crippen LogP contribution in [0.4, 0.5) is 17.1 Å². The molecule has 3 heteroatoms. The van der Waals surface area contributed by atoms with Crippen LogP contribution in [0.1, 0.15) is 0 Å². The van der Waals surface area contributed by atoms with Crippen molar-refractivity contribution in [1.82, 2.24) is 4.57 Å². The van der Waals surface area contributed by atoms with E-state index in [0.717, 1.165) is 61.2 Å². The topological polar surface area (TPSA) is 21.3 Å². The summed E-state index contributed by atoms with van der Waals surface area (Å²) < 4.78 is 9.09. The molecule has 2 aromatic heterocycles. The van der Waals surface area contributed by atoms with E-state index in [0.29, 0.717) is 0 Å². The molecule has 0 fully saturated rings. The second kappa shape index (κ2) is 13.4. The van der Waals surface area contributed by atoms with Crippen LogP contribution < -0.4 is 4.90 Å². The molecular formula is C56H36N2O. The molecule has 0 amide bonds. The van der Waals surface area contributed by atoms with E-state index >= 15 is 0 Å². The first kappa shape index (κ1) is 33.3. The van der Waals surface area contributed by atoms with Gasteiger partial charge in [-0.2, -0.15) is 0 Å². The number of anilines is 3. The SMILES string of the molecule is c1cc(-c2cccc3ccccc23)cc(N(c2ccc(-c3cccc(-n4c5ccccc5c5ccccc54)c3)cc2)c2ccc3c(c2)oc2c4ccccc4ccc32)c1. The number of fused-ring (bicyclic) bond motifs is 9. The Morgan fingerprint density at radius 3 is 1.73 bits per heavy atom. The molecule has 0 unspecified atom stereocenters. The van der Waals surface area contributed by atoms with Crippen molar-refractivity contribution < 1.29 is 4.42 Å². The summed E-state index contributed by atoms with van der Waals surface area (Å²) in [7, 11) is 0. The van der Waals surface area contributed by atoms with Gasteiger partial charge in [-0.25, -0.2) is 0 Å². The lowest BCUT2D eigenvalue weighted by atomic mass is 9.97. The van der Waals surface area contributed by atoms with E-state index in [2.05, 4.69) is 228 Å². The molecule has 0 saturated carbocycles. The molecule has 276 valence electrons. The number of aromatic nitrogens is 1. The van der Waals surface area contributed by atoms with E-state index in [1.54, 1.807) is 0 Å². The first-order chi connectivity index (χ1) is 29.2. The van der Waals surface area contributed by atoms with E-state index in [4.69, 9.17) is 4.42 Å². The summed E-state index contributed by atoms with van der Waals surface area (Å²) in [5.41, 5.74) is 13.2. The fourth-order valence-electron chi connectivity index (χ4n) is 9.20. The Hall–Kier alpha value is -7.88. The zero-order valence-electron chi connectivity index (χ0n) is 32.1. The van der Waals surface area contributed by atoms with Crippen molar-refractivity contribution in [1.29, 1.82) is 0 Å². The van der Waals surface area contributed by atoms with E-state index in [1.807, 2.05) is 0 Å². The molecule has 0 bridgehead atoms. The van der Waals surface area contributed by atoms with Crippen molar-refractivity contribution in [2.45, 2.75) is 0 Å². The van der Waals surface area contributed by atoms with Crippen molar-refractivity contribution in [3.63, 3.8) is 0 Å². The Balaban J connectivity index is 0.989. The van der Waals surface area contributed by atoms with Gasteiger partial charge in [-0.05, 0) is 105 Å². The molecule has 2 heterocycles. The van der Waals surface area contributed by atoms with Gasteiger partial charge in [0.2, 0.25) is 0 Å². The molecule has 12 rings (SSSR count). The highest BCUT2D eigenvalue weighted by atomic mass is 16.3. The Bertz CT molecular complexity index is 3510. The molecule has 0 radical (unpaired) electrons. The highest BCUT2D eigenvalue weighted by Crippen LogP contribution is 2.42. The van der Waals surface area contributed by atoms with Crippen LogP contribution in [0.3, 0.4) is 0 Å². The molecule has 12 aromatic rings. The largest absolute Gasteiger partial charge is 0.455 e. The average Bonchev–Trinajstić information content (AvgIpc) is 3.85. The van der Waals surface area contributed by atoms with Crippen LogP contribution in [-0.2, 0) is 0 Å². The summed E-state index contributed by atoms with van der Waals surface area (Å²) in [5.74, 6) is 0. The molecule has 3 nitrogen and oxygen atoms in total. The van der Waals surface area contributed by atoms with E-state index in [9.17, 15) is 0 Å². The van der Waals surface area contributed by atoms with Crippen molar-refractivity contribution in [3.8, 4) is 27.9 Å². The maximum absolute atomic E-state index is 6.71. The zero-order valence-corrected chi connectivity index (χ0v) is 32.1.